The molecule has 1 unspecified atom stereocenters. The predicted molar refractivity (Wildman–Crippen MR) is 162 cm³/mol. The number of rotatable bonds is 7. The van der Waals surface area contributed by atoms with E-state index in [2.05, 4.69) is 0 Å². The van der Waals surface area contributed by atoms with Crippen LogP contribution >= 0.6 is 11.8 Å². The van der Waals surface area contributed by atoms with Crippen molar-refractivity contribution < 1.29 is 53.1 Å². The Morgan fingerprint density at radius 2 is 1.73 bits per heavy atom. The van der Waals surface area contributed by atoms with Crippen molar-refractivity contribution in [3.05, 3.63) is 47.0 Å². The summed E-state index contributed by atoms with van der Waals surface area (Å²) in [5.41, 5.74) is -5.86. The summed E-state index contributed by atoms with van der Waals surface area (Å²) in [7, 11) is 0. The van der Waals surface area contributed by atoms with Crippen molar-refractivity contribution in [1.29, 1.82) is 0 Å². The van der Waals surface area contributed by atoms with Gasteiger partial charge in [-0.15, -0.1) is 11.8 Å². The van der Waals surface area contributed by atoms with E-state index >= 15 is 4.79 Å². The average Bonchev–Trinajstić information content (AvgIpc) is 2.96. The van der Waals surface area contributed by atoms with Crippen LogP contribution in [-0.2, 0) is 38.1 Å². The molecule has 0 aromatic heterocycles. The number of hydrogen-bond acceptors (Lipinski definition) is 12. The van der Waals surface area contributed by atoms with Crippen molar-refractivity contribution in [2.45, 2.75) is 96.1 Å². The van der Waals surface area contributed by atoms with E-state index in [1.54, 1.807) is 58.0 Å². The first-order valence-corrected chi connectivity index (χ1v) is 16.5. The molecule has 0 spiro atoms. The van der Waals surface area contributed by atoms with Crippen LogP contribution in [0.2, 0.25) is 0 Å². The molecule has 4 aliphatic rings. The zero-order valence-electron chi connectivity index (χ0n) is 26.7. The fraction of sp³-hybridized carbons (Fsp3) is 0.636. The molecule has 0 amide bonds. The summed E-state index contributed by atoms with van der Waals surface area (Å²) in [6, 6.07) is 8.21. The van der Waals surface area contributed by atoms with Gasteiger partial charge in [-0.25, -0.2) is 4.79 Å². The molecule has 12 heteroatoms. The van der Waals surface area contributed by atoms with Gasteiger partial charge in [0.2, 0.25) is 0 Å². The fourth-order valence-electron chi connectivity index (χ4n) is 8.28. The molecule has 1 aliphatic heterocycles. The van der Waals surface area contributed by atoms with Crippen LogP contribution in [0.3, 0.4) is 0 Å². The number of esters is 3. The van der Waals surface area contributed by atoms with Crippen molar-refractivity contribution in [2.24, 2.45) is 16.7 Å². The molecule has 2 N–H and O–H groups in total. The van der Waals surface area contributed by atoms with Gasteiger partial charge < -0.3 is 33.9 Å². The molecule has 0 radical (unpaired) electrons. The van der Waals surface area contributed by atoms with Crippen LogP contribution in [0.25, 0.3) is 0 Å². The third-order valence-corrected chi connectivity index (χ3v) is 10.9. The summed E-state index contributed by atoms with van der Waals surface area (Å²) >= 11 is 1.39. The molecule has 3 fully saturated rings. The lowest BCUT2D eigenvalue weighted by Gasteiger charge is -2.67. The van der Waals surface area contributed by atoms with Gasteiger partial charge >= 0.3 is 17.9 Å². The molecule has 1 aromatic rings. The van der Waals surface area contributed by atoms with Crippen LogP contribution in [0.5, 0.6) is 0 Å². The molecule has 246 valence electrons. The summed E-state index contributed by atoms with van der Waals surface area (Å²) in [4.78, 5) is 54.5. The molecule has 9 atom stereocenters. The topological polar surface area (TPSA) is 155 Å². The van der Waals surface area contributed by atoms with Crippen LogP contribution in [0.1, 0.15) is 64.7 Å². The molecular formula is C33H42O11S. The van der Waals surface area contributed by atoms with Crippen LogP contribution in [0, 0.1) is 16.7 Å². The zero-order chi connectivity index (χ0) is 33.1. The summed E-state index contributed by atoms with van der Waals surface area (Å²) < 4.78 is 30.5. The summed E-state index contributed by atoms with van der Waals surface area (Å²) in [6.07, 6.45) is -4.29. The fourth-order valence-corrected chi connectivity index (χ4v) is 8.58. The highest BCUT2D eigenvalue weighted by atomic mass is 32.2. The maximum atomic E-state index is 15.2. The maximum Gasteiger partial charge on any atom is 0.338 e. The highest BCUT2D eigenvalue weighted by molar-refractivity contribution is 7.98. The Hall–Kier alpha value is -2.77. The second-order valence-corrected chi connectivity index (χ2v) is 14.1. The molecule has 2 saturated carbocycles. The third-order valence-electron chi connectivity index (χ3n) is 10.6. The van der Waals surface area contributed by atoms with Gasteiger partial charge in [0.05, 0.1) is 41.7 Å². The highest BCUT2D eigenvalue weighted by Gasteiger charge is 2.78. The van der Waals surface area contributed by atoms with Gasteiger partial charge in [0, 0.05) is 32.1 Å². The number of benzene rings is 1. The monoisotopic (exact) mass is 646 g/mol. The van der Waals surface area contributed by atoms with Crippen molar-refractivity contribution >= 4 is 35.5 Å². The second kappa shape index (κ2) is 11.8. The van der Waals surface area contributed by atoms with Crippen molar-refractivity contribution in [3.8, 4) is 0 Å². The quantitative estimate of drug-likeness (QED) is 0.194. The third kappa shape index (κ3) is 5.04. The summed E-state index contributed by atoms with van der Waals surface area (Å²) in [5.74, 6) is -3.80. The number of ketones is 1. The molecule has 1 saturated heterocycles. The van der Waals surface area contributed by atoms with E-state index in [4.69, 9.17) is 23.7 Å². The lowest BCUT2D eigenvalue weighted by Crippen LogP contribution is -2.82. The number of fused-ring (bicyclic) bond motifs is 5. The number of aliphatic hydroxyl groups is 2. The number of ether oxygens (including phenoxy) is 5. The van der Waals surface area contributed by atoms with Crippen LogP contribution in [0.15, 0.2) is 41.5 Å². The lowest BCUT2D eigenvalue weighted by atomic mass is 9.44. The van der Waals surface area contributed by atoms with E-state index < -0.39 is 82.2 Å². The van der Waals surface area contributed by atoms with Gasteiger partial charge in [-0.2, -0.15) is 0 Å². The number of Topliss-reactive ketones (excluding diaryl/α,β-unsaturated/α-hetero) is 1. The van der Waals surface area contributed by atoms with E-state index in [9.17, 15) is 24.6 Å². The Bertz CT molecular complexity index is 1410. The number of thioether (sulfide) groups is 1. The van der Waals surface area contributed by atoms with Gasteiger partial charge in [0.25, 0.3) is 0 Å². The largest absolute Gasteiger partial charge is 0.455 e. The van der Waals surface area contributed by atoms with Gasteiger partial charge in [-0.05, 0) is 43.4 Å². The van der Waals surface area contributed by atoms with E-state index in [-0.39, 0.29) is 36.5 Å². The molecule has 2 bridgehead atoms. The standard InChI is InChI=1S/C33H42O11S/c1-17-21(36)14-33(39)28(43-29(38)20-11-9-8-10-12-20)26-31(6,27(37)25(42-18(2)34)24(17)30(33,4)5)22(41-16-45-7)13-23-32(26,15-40-23)44-19(3)35/h8-12,21-23,25-26,28,36,39H,13-16H2,1-7H3/t21-,22-,23+,25+,26?,28-,31+,32-,33+/m0/s1. The number of hydrogen-bond donors (Lipinski definition) is 2. The SMILES string of the molecule is CSCO[C@H]1C[C@H]2OC[C@@]2(OC(C)=O)C2[C@H](OC(=O)c3ccccc3)[C@]3(O)C[C@H](O)C(C)=C([C@@H](OC(C)=O)C(=O)[C@@]21C)C3(C)C. The molecule has 1 aromatic carbocycles. The van der Waals surface area contributed by atoms with E-state index in [1.807, 2.05) is 6.26 Å². The zero-order valence-corrected chi connectivity index (χ0v) is 27.5. The molecule has 45 heavy (non-hydrogen) atoms. The number of carbonyl (C=O) groups is 4. The first-order valence-electron chi connectivity index (χ1n) is 15.1. The van der Waals surface area contributed by atoms with Gasteiger partial charge in [-0.1, -0.05) is 32.0 Å². The minimum Gasteiger partial charge on any atom is -0.455 e. The molecule has 3 aliphatic carbocycles. The predicted octanol–water partition coefficient (Wildman–Crippen LogP) is 3.00. The Labute approximate surface area is 266 Å². The average molecular weight is 647 g/mol. The Balaban J connectivity index is 1.85. The van der Waals surface area contributed by atoms with E-state index in [0.29, 0.717) is 5.57 Å². The molecule has 5 rings (SSSR count). The maximum absolute atomic E-state index is 15.2. The van der Waals surface area contributed by atoms with Gasteiger partial charge in [-0.3, -0.25) is 14.4 Å². The van der Waals surface area contributed by atoms with Crippen LogP contribution in [-0.4, -0.2) is 94.4 Å². The van der Waals surface area contributed by atoms with E-state index in [1.165, 1.54) is 25.6 Å². The van der Waals surface area contributed by atoms with Gasteiger partial charge in [0.1, 0.15) is 17.8 Å². The van der Waals surface area contributed by atoms with E-state index in [0.717, 1.165) is 0 Å². The minimum atomic E-state index is -2.06. The highest BCUT2D eigenvalue weighted by Crippen LogP contribution is 2.64. The summed E-state index contributed by atoms with van der Waals surface area (Å²) in [5, 5.41) is 24.5. The second-order valence-electron chi connectivity index (χ2n) is 13.3. The van der Waals surface area contributed by atoms with Gasteiger partial charge in [0.15, 0.2) is 17.5 Å². The number of carbonyl (C=O) groups excluding carboxylic acids is 4. The molecule has 1 heterocycles. The minimum absolute atomic E-state index is 0.140. The normalized spacial score (nSPS) is 38.5. The summed E-state index contributed by atoms with van der Waals surface area (Å²) in [6.45, 7) is 8.89. The number of aliphatic hydroxyl groups excluding tert-OH is 1. The first kappa shape index (κ1) is 33.6. The van der Waals surface area contributed by atoms with Crippen molar-refractivity contribution in [2.75, 3.05) is 18.8 Å². The smallest absolute Gasteiger partial charge is 0.338 e. The molecular weight excluding hydrogens is 604 g/mol. The Morgan fingerprint density at radius 1 is 1.07 bits per heavy atom. The first-order chi connectivity index (χ1) is 21.1. The van der Waals surface area contributed by atoms with Crippen LogP contribution in [0.4, 0.5) is 0 Å². The van der Waals surface area contributed by atoms with Crippen molar-refractivity contribution in [1.82, 2.24) is 0 Å². The van der Waals surface area contributed by atoms with Crippen LogP contribution < -0.4 is 0 Å². The Morgan fingerprint density at radius 3 is 2.29 bits per heavy atom. The lowest BCUT2D eigenvalue weighted by molar-refractivity contribution is -0.347. The Kier molecular flexibility index (Phi) is 8.80. The molecule has 11 nitrogen and oxygen atoms in total. The van der Waals surface area contributed by atoms with Crippen molar-refractivity contribution in [3.63, 3.8) is 0 Å².